The van der Waals surface area contributed by atoms with Gasteiger partial charge in [-0.2, -0.15) is 0 Å². The molecule has 2 heteroatoms. The molecule has 2 aliphatic carbocycles. The zero-order valence-corrected chi connectivity index (χ0v) is 11.8. The lowest BCUT2D eigenvalue weighted by molar-refractivity contribution is 0.217. The van der Waals surface area contributed by atoms with E-state index in [0.717, 1.165) is 23.6 Å². The fraction of sp³-hybridized carbons (Fsp3) is 0.647. The van der Waals surface area contributed by atoms with Gasteiger partial charge < -0.3 is 4.74 Å². The Bertz CT molecular complexity index is 480. The summed E-state index contributed by atoms with van der Waals surface area (Å²) >= 11 is 0. The summed E-state index contributed by atoms with van der Waals surface area (Å²) < 4.78 is 5.55. The van der Waals surface area contributed by atoms with Crippen LogP contribution in [0, 0.1) is 5.92 Å². The normalized spacial score (nSPS) is 29.9. The van der Waals surface area contributed by atoms with Gasteiger partial charge in [-0.1, -0.05) is 12.1 Å². The van der Waals surface area contributed by atoms with Crippen LogP contribution in [0.15, 0.2) is 18.2 Å². The molecule has 1 aromatic carbocycles. The van der Waals surface area contributed by atoms with E-state index in [1.165, 1.54) is 50.8 Å². The molecule has 1 heterocycles. The number of likely N-dealkylation sites (tertiary alicyclic amines) is 1. The van der Waals surface area contributed by atoms with E-state index < -0.39 is 0 Å². The Morgan fingerprint density at radius 1 is 1.21 bits per heavy atom. The van der Waals surface area contributed by atoms with Crippen molar-refractivity contribution in [2.45, 2.75) is 44.1 Å². The van der Waals surface area contributed by atoms with Crippen molar-refractivity contribution in [3.05, 3.63) is 29.3 Å². The van der Waals surface area contributed by atoms with Gasteiger partial charge in [0.15, 0.2) is 0 Å². The van der Waals surface area contributed by atoms with Crippen LogP contribution in [0.3, 0.4) is 0 Å². The predicted octanol–water partition coefficient (Wildman–Crippen LogP) is 3.21. The van der Waals surface area contributed by atoms with Crippen LogP contribution >= 0.6 is 0 Å². The molecule has 0 aromatic heterocycles. The second-order valence-corrected chi connectivity index (χ2v) is 6.47. The first-order valence-electron chi connectivity index (χ1n) is 7.76. The molecular formula is C17H23NO. The van der Waals surface area contributed by atoms with Crippen molar-refractivity contribution in [3.63, 3.8) is 0 Å². The van der Waals surface area contributed by atoms with Gasteiger partial charge in [-0.05, 0) is 61.8 Å². The second-order valence-electron chi connectivity index (χ2n) is 6.47. The average molecular weight is 257 g/mol. The van der Waals surface area contributed by atoms with E-state index in [0.29, 0.717) is 0 Å². The summed E-state index contributed by atoms with van der Waals surface area (Å²) in [7, 11) is 1.80. The minimum Gasteiger partial charge on any atom is -0.496 e. The number of nitrogens with zero attached hydrogens (tertiary/aromatic N) is 1. The lowest BCUT2D eigenvalue weighted by Crippen LogP contribution is -2.36. The molecule has 102 valence electrons. The molecule has 1 aliphatic heterocycles. The molecule has 4 rings (SSSR count). The number of hydrogen-bond acceptors (Lipinski definition) is 2. The molecule has 1 saturated carbocycles. The number of ether oxygens (including phenoxy) is 1. The Hall–Kier alpha value is -1.02. The second kappa shape index (κ2) is 4.52. The minimum atomic E-state index is 0.762. The highest BCUT2D eigenvalue weighted by atomic mass is 16.5. The van der Waals surface area contributed by atoms with Crippen LogP contribution in [0.1, 0.15) is 42.7 Å². The molecular weight excluding hydrogens is 234 g/mol. The maximum Gasteiger partial charge on any atom is 0.122 e. The highest BCUT2D eigenvalue weighted by Crippen LogP contribution is 2.45. The standard InChI is InChI=1S/C17H23NO/c1-19-17-4-2-3-13-14-9-10-18(11-12-5-6-12)16(14)8-7-15(13)17/h2-4,12,14,16H,5-11H2,1H3/t14-,16-/m0/s1. The van der Waals surface area contributed by atoms with Gasteiger partial charge in [0, 0.05) is 18.5 Å². The molecule has 0 radical (unpaired) electrons. The molecule has 0 bridgehead atoms. The number of rotatable bonds is 3. The fourth-order valence-electron chi connectivity index (χ4n) is 4.20. The third kappa shape index (κ3) is 1.97. The Morgan fingerprint density at radius 3 is 2.89 bits per heavy atom. The summed E-state index contributed by atoms with van der Waals surface area (Å²) in [5.41, 5.74) is 3.06. The van der Waals surface area contributed by atoms with Crippen molar-refractivity contribution in [3.8, 4) is 5.75 Å². The molecule has 0 spiro atoms. The van der Waals surface area contributed by atoms with E-state index in [1.54, 1.807) is 12.7 Å². The fourth-order valence-corrected chi connectivity index (χ4v) is 4.20. The topological polar surface area (TPSA) is 12.5 Å². The SMILES string of the molecule is COc1cccc2c1CC[C@H]1[C@H]2CCN1CC1CC1. The number of hydrogen-bond donors (Lipinski definition) is 0. The van der Waals surface area contributed by atoms with Crippen molar-refractivity contribution in [1.82, 2.24) is 4.90 Å². The summed E-state index contributed by atoms with van der Waals surface area (Å²) in [5.74, 6) is 2.89. The molecule has 0 N–H and O–H groups in total. The van der Waals surface area contributed by atoms with Gasteiger partial charge in [-0.3, -0.25) is 4.90 Å². The van der Waals surface area contributed by atoms with Gasteiger partial charge in [0.1, 0.15) is 5.75 Å². The average Bonchev–Trinajstić information content (AvgIpc) is 3.17. The predicted molar refractivity (Wildman–Crippen MR) is 76.8 cm³/mol. The van der Waals surface area contributed by atoms with Gasteiger partial charge in [0.2, 0.25) is 0 Å². The summed E-state index contributed by atoms with van der Waals surface area (Å²) in [4.78, 5) is 2.78. The summed E-state index contributed by atoms with van der Waals surface area (Å²) in [6.07, 6.45) is 6.81. The molecule has 19 heavy (non-hydrogen) atoms. The van der Waals surface area contributed by atoms with Gasteiger partial charge in [0.25, 0.3) is 0 Å². The number of fused-ring (bicyclic) bond motifs is 3. The third-order valence-electron chi connectivity index (χ3n) is 5.33. The first-order chi connectivity index (χ1) is 9.36. The van der Waals surface area contributed by atoms with E-state index in [9.17, 15) is 0 Å². The highest BCUT2D eigenvalue weighted by molar-refractivity contribution is 5.45. The van der Waals surface area contributed by atoms with Crippen LogP contribution in [0.5, 0.6) is 5.75 Å². The van der Waals surface area contributed by atoms with E-state index in [2.05, 4.69) is 23.1 Å². The van der Waals surface area contributed by atoms with Gasteiger partial charge in [0.05, 0.1) is 7.11 Å². The van der Waals surface area contributed by atoms with Gasteiger partial charge >= 0.3 is 0 Å². The van der Waals surface area contributed by atoms with E-state index >= 15 is 0 Å². The van der Waals surface area contributed by atoms with Crippen molar-refractivity contribution in [2.24, 2.45) is 5.92 Å². The minimum absolute atomic E-state index is 0.762. The lowest BCUT2D eigenvalue weighted by atomic mass is 9.79. The lowest BCUT2D eigenvalue weighted by Gasteiger charge is -2.34. The largest absolute Gasteiger partial charge is 0.496 e. The Morgan fingerprint density at radius 2 is 2.11 bits per heavy atom. The maximum atomic E-state index is 5.55. The van der Waals surface area contributed by atoms with Crippen LogP contribution in [-0.2, 0) is 6.42 Å². The Kier molecular flexibility index (Phi) is 2.80. The summed E-state index contributed by atoms with van der Waals surface area (Å²) in [6, 6.07) is 7.44. The zero-order chi connectivity index (χ0) is 12.8. The van der Waals surface area contributed by atoms with Gasteiger partial charge in [-0.25, -0.2) is 0 Å². The van der Waals surface area contributed by atoms with Gasteiger partial charge in [-0.15, -0.1) is 0 Å². The smallest absolute Gasteiger partial charge is 0.122 e. The van der Waals surface area contributed by atoms with Crippen molar-refractivity contribution in [2.75, 3.05) is 20.2 Å². The monoisotopic (exact) mass is 257 g/mol. The van der Waals surface area contributed by atoms with Crippen LogP contribution in [0.25, 0.3) is 0 Å². The zero-order valence-electron chi connectivity index (χ0n) is 11.8. The third-order valence-corrected chi connectivity index (χ3v) is 5.33. The van der Waals surface area contributed by atoms with Crippen molar-refractivity contribution >= 4 is 0 Å². The quantitative estimate of drug-likeness (QED) is 0.824. The summed E-state index contributed by atoms with van der Waals surface area (Å²) in [6.45, 7) is 2.67. The molecule has 0 unspecified atom stereocenters. The highest BCUT2D eigenvalue weighted by Gasteiger charge is 2.40. The molecule has 1 saturated heterocycles. The molecule has 0 amide bonds. The number of methoxy groups -OCH3 is 1. The van der Waals surface area contributed by atoms with E-state index in [4.69, 9.17) is 4.74 Å². The molecule has 1 aromatic rings. The Labute approximate surface area is 115 Å². The molecule has 2 nitrogen and oxygen atoms in total. The van der Waals surface area contributed by atoms with Crippen LogP contribution in [0.2, 0.25) is 0 Å². The molecule has 2 atom stereocenters. The van der Waals surface area contributed by atoms with Crippen molar-refractivity contribution in [1.29, 1.82) is 0 Å². The first-order valence-corrected chi connectivity index (χ1v) is 7.76. The number of benzene rings is 1. The van der Waals surface area contributed by atoms with Crippen LogP contribution in [0.4, 0.5) is 0 Å². The van der Waals surface area contributed by atoms with E-state index in [-0.39, 0.29) is 0 Å². The molecule has 3 aliphatic rings. The first kappa shape index (κ1) is 11.8. The molecule has 2 fully saturated rings. The Balaban J connectivity index is 1.62. The van der Waals surface area contributed by atoms with Crippen LogP contribution < -0.4 is 4.74 Å². The van der Waals surface area contributed by atoms with E-state index in [1.807, 2.05) is 0 Å². The summed E-state index contributed by atoms with van der Waals surface area (Å²) in [5, 5.41) is 0. The van der Waals surface area contributed by atoms with Crippen LogP contribution in [-0.4, -0.2) is 31.1 Å². The van der Waals surface area contributed by atoms with Crippen molar-refractivity contribution < 1.29 is 4.74 Å². The maximum absolute atomic E-state index is 5.55.